The first-order valence-electron chi connectivity index (χ1n) is 11.5. The summed E-state index contributed by atoms with van der Waals surface area (Å²) in [6, 6.07) is 0. The van der Waals surface area contributed by atoms with Crippen LogP contribution in [-0.2, 0) is 44.9 Å². The number of hydrogen-bond acceptors (Lipinski definition) is 10. The number of thioether (sulfide) groups is 1. The number of nitrogens with one attached hydrogen (secondary N) is 1. The van der Waals surface area contributed by atoms with Gasteiger partial charge in [0.1, 0.15) is 5.03 Å². The summed E-state index contributed by atoms with van der Waals surface area (Å²) in [4.78, 5) is 47.7. The lowest BCUT2D eigenvalue weighted by Crippen LogP contribution is -2.40. The molecule has 0 radical (unpaired) electrons. The summed E-state index contributed by atoms with van der Waals surface area (Å²) in [5.74, 6) is -0.448. The number of aromatic nitrogens is 3. The van der Waals surface area contributed by atoms with Crippen molar-refractivity contribution in [3.05, 3.63) is 32.8 Å². The predicted molar refractivity (Wildman–Crippen MR) is 130 cm³/mol. The summed E-state index contributed by atoms with van der Waals surface area (Å²) in [5.41, 5.74) is 2.46. The minimum absolute atomic E-state index is 0.0762. The second-order valence-electron chi connectivity index (χ2n) is 8.05. The number of carbonyl (C=O) groups is 2. The highest BCUT2D eigenvalue weighted by molar-refractivity contribution is 8.00. The SMILES string of the molecule is CCOC(=O)Cc1csc(NC(=O)CSc2nc(=O)n(CCN3CCOCC3)c3c2CCC3)n1. The van der Waals surface area contributed by atoms with E-state index in [1.54, 1.807) is 12.3 Å². The van der Waals surface area contributed by atoms with Crippen molar-refractivity contribution in [2.75, 3.05) is 50.5 Å². The minimum Gasteiger partial charge on any atom is -0.466 e. The topological polar surface area (TPSA) is 116 Å². The molecule has 0 aromatic carbocycles. The van der Waals surface area contributed by atoms with Gasteiger partial charge in [0.2, 0.25) is 5.91 Å². The fourth-order valence-electron chi connectivity index (χ4n) is 4.10. The Morgan fingerprint density at radius 2 is 2.06 bits per heavy atom. The van der Waals surface area contributed by atoms with Crippen molar-refractivity contribution in [1.82, 2.24) is 19.4 Å². The van der Waals surface area contributed by atoms with E-state index in [1.807, 2.05) is 4.57 Å². The Bertz CT molecular complexity index is 1080. The van der Waals surface area contributed by atoms with E-state index >= 15 is 0 Å². The molecule has 1 saturated heterocycles. The molecule has 0 saturated carbocycles. The quantitative estimate of drug-likeness (QED) is 0.289. The molecular formula is C22H29N5O5S2. The van der Waals surface area contributed by atoms with E-state index in [0.29, 0.717) is 29.0 Å². The Balaban J connectivity index is 1.34. The van der Waals surface area contributed by atoms with Crippen molar-refractivity contribution in [1.29, 1.82) is 0 Å². The lowest BCUT2D eigenvalue weighted by molar-refractivity contribution is -0.142. The first kappa shape index (κ1) is 24.8. The third kappa shape index (κ3) is 6.44. The molecule has 0 unspecified atom stereocenters. The highest BCUT2D eigenvalue weighted by Crippen LogP contribution is 2.29. The Kier molecular flexibility index (Phi) is 8.70. The Morgan fingerprint density at radius 3 is 2.85 bits per heavy atom. The number of morpholine rings is 1. The number of esters is 1. The third-order valence-electron chi connectivity index (χ3n) is 5.71. The van der Waals surface area contributed by atoms with Gasteiger partial charge in [-0.2, -0.15) is 4.98 Å². The van der Waals surface area contributed by atoms with Gasteiger partial charge in [0.15, 0.2) is 5.13 Å². The standard InChI is InChI=1S/C22H29N5O5S2/c1-2-32-19(29)12-15-13-34-21(23-15)24-18(28)14-33-20-16-4-3-5-17(16)27(22(30)25-20)7-6-26-8-10-31-11-9-26/h13H,2-12,14H2,1H3,(H,23,24,28). The molecule has 1 N–H and O–H groups in total. The fourth-order valence-corrected chi connectivity index (χ4v) is 5.70. The second kappa shape index (κ2) is 11.9. The van der Waals surface area contributed by atoms with Crippen molar-refractivity contribution in [2.45, 2.75) is 44.2 Å². The average molecular weight is 508 g/mol. The van der Waals surface area contributed by atoms with Crippen LogP contribution < -0.4 is 11.0 Å². The molecule has 184 valence electrons. The van der Waals surface area contributed by atoms with E-state index in [0.717, 1.165) is 63.4 Å². The van der Waals surface area contributed by atoms with Crippen LogP contribution >= 0.6 is 23.1 Å². The molecule has 1 aliphatic heterocycles. The van der Waals surface area contributed by atoms with Crippen molar-refractivity contribution in [2.24, 2.45) is 0 Å². The maximum Gasteiger partial charge on any atom is 0.348 e. The van der Waals surface area contributed by atoms with Crippen LogP contribution in [0.25, 0.3) is 0 Å². The van der Waals surface area contributed by atoms with Gasteiger partial charge in [-0.05, 0) is 26.2 Å². The molecule has 0 bridgehead atoms. The summed E-state index contributed by atoms with van der Waals surface area (Å²) in [7, 11) is 0. The van der Waals surface area contributed by atoms with Crippen LogP contribution in [0.3, 0.4) is 0 Å². The highest BCUT2D eigenvalue weighted by atomic mass is 32.2. The Labute approximate surface area is 206 Å². The van der Waals surface area contributed by atoms with E-state index in [1.165, 1.54) is 23.1 Å². The third-order valence-corrected chi connectivity index (χ3v) is 7.54. The van der Waals surface area contributed by atoms with Crippen molar-refractivity contribution in [3.63, 3.8) is 0 Å². The van der Waals surface area contributed by atoms with Crippen LogP contribution in [0.2, 0.25) is 0 Å². The molecule has 2 aromatic heterocycles. The molecule has 2 aromatic rings. The van der Waals surface area contributed by atoms with Crippen LogP contribution in [0, 0.1) is 0 Å². The minimum atomic E-state index is -0.346. The number of fused-ring (bicyclic) bond motifs is 1. The van der Waals surface area contributed by atoms with Crippen molar-refractivity contribution in [3.8, 4) is 0 Å². The number of anilines is 1. The molecule has 1 amide bonds. The molecule has 1 fully saturated rings. The number of amides is 1. The van der Waals surface area contributed by atoms with Gasteiger partial charge in [-0.3, -0.25) is 19.1 Å². The van der Waals surface area contributed by atoms with Crippen molar-refractivity contribution >= 4 is 40.1 Å². The van der Waals surface area contributed by atoms with E-state index in [2.05, 4.69) is 20.2 Å². The van der Waals surface area contributed by atoms with Crippen molar-refractivity contribution < 1.29 is 19.1 Å². The average Bonchev–Trinajstić information content (AvgIpc) is 3.48. The second-order valence-corrected chi connectivity index (χ2v) is 9.87. The highest BCUT2D eigenvalue weighted by Gasteiger charge is 2.23. The zero-order valence-corrected chi connectivity index (χ0v) is 20.8. The summed E-state index contributed by atoms with van der Waals surface area (Å²) >= 11 is 2.55. The number of hydrogen-bond donors (Lipinski definition) is 1. The monoisotopic (exact) mass is 507 g/mol. The van der Waals surface area contributed by atoms with Crippen LogP contribution in [-0.4, -0.2) is 76.5 Å². The summed E-state index contributed by atoms with van der Waals surface area (Å²) in [6.45, 7) is 6.73. The van der Waals surface area contributed by atoms with E-state index in [9.17, 15) is 14.4 Å². The molecule has 0 spiro atoms. The maximum absolute atomic E-state index is 12.8. The van der Waals surface area contributed by atoms with Crippen LogP contribution in [0.5, 0.6) is 0 Å². The molecule has 10 nitrogen and oxygen atoms in total. The molecule has 34 heavy (non-hydrogen) atoms. The zero-order chi connectivity index (χ0) is 23.9. The van der Waals surface area contributed by atoms with Gasteiger partial charge >= 0.3 is 11.7 Å². The lowest BCUT2D eigenvalue weighted by Gasteiger charge is -2.27. The van der Waals surface area contributed by atoms with Gasteiger partial charge in [-0.1, -0.05) is 11.8 Å². The molecule has 12 heteroatoms. The first-order valence-corrected chi connectivity index (χ1v) is 13.4. The predicted octanol–water partition coefficient (Wildman–Crippen LogP) is 1.36. The Morgan fingerprint density at radius 1 is 1.24 bits per heavy atom. The maximum atomic E-state index is 12.8. The zero-order valence-electron chi connectivity index (χ0n) is 19.2. The van der Waals surface area contributed by atoms with Gasteiger partial charge in [0, 0.05) is 42.8 Å². The lowest BCUT2D eigenvalue weighted by atomic mass is 10.2. The molecular weight excluding hydrogens is 478 g/mol. The van der Waals surface area contributed by atoms with E-state index in [-0.39, 0.29) is 29.7 Å². The first-order chi connectivity index (χ1) is 16.5. The summed E-state index contributed by atoms with van der Waals surface area (Å²) in [5, 5.41) is 5.57. The van der Waals surface area contributed by atoms with Gasteiger partial charge < -0.3 is 14.8 Å². The van der Waals surface area contributed by atoms with E-state index in [4.69, 9.17) is 9.47 Å². The molecule has 4 rings (SSSR count). The normalized spacial score (nSPS) is 15.8. The van der Waals surface area contributed by atoms with Gasteiger partial charge in [-0.25, -0.2) is 9.78 Å². The largest absolute Gasteiger partial charge is 0.466 e. The van der Waals surface area contributed by atoms with Crippen LogP contribution in [0.15, 0.2) is 15.2 Å². The number of carbonyl (C=O) groups excluding carboxylic acids is 2. The summed E-state index contributed by atoms with van der Waals surface area (Å²) < 4.78 is 12.1. The number of rotatable bonds is 10. The van der Waals surface area contributed by atoms with Gasteiger partial charge in [-0.15, -0.1) is 11.3 Å². The number of nitrogens with zero attached hydrogens (tertiary/aromatic N) is 4. The molecule has 2 aliphatic rings. The Hall–Kier alpha value is -2.28. The van der Waals surface area contributed by atoms with Gasteiger partial charge in [0.25, 0.3) is 0 Å². The fraction of sp³-hybridized carbons (Fsp3) is 0.591. The van der Waals surface area contributed by atoms with Gasteiger partial charge in [0.05, 0.1) is 37.7 Å². The van der Waals surface area contributed by atoms with E-state index < -0.39 is 0 Å². The molecule has 1 aliphatic carbocycles. The summed E-state index contributed by atoms with van der Waals surface area (Å²) in [6.07, 6.45) is 2.79. The van der Waals surface area contributed by atoms with Crippen LogP contribution in [0.1, 0.15) is 30.3 Å². The molecule has 0 atom stereocenters. The van der Waals surface area contributed by atoms with Crippen LogP contribution in [0.4, 0.5) is 5.13 Å². The molecule has 3 heterocycles. The smallest absolute Gasteiger partial charge is 0.348 e. The number of ether oxygens (including phenoxy) is 2. The number of thiazole rings is 1.